The monoisotopic (exact) mass is 254 g/mol. The first kappa shape index (κ1) is 16.0. The third-order valence-corrected chi connectivity index (χ3v) is 3.93. The Morgan fingerprint density at radius 3 is 1.50 bits per heavy atom. The maximum atomic E-state index is 6.57. The number of hydrogen-bond acceptors (Lipinski definition) is 2. The Balaban J connectivity index is 2.70. The van der Waals surface area contributed by atoms with Crippen LogP contribution in [0.25, 0.3) is 0 Å². The standard InChI is InChI=1S/C16H34N2/c1-15(2,3)8-12-10-18(7)11-13(14(12)17)9-16(4,5)6/h12-14H,8-11,17H2,1-7H3. The summed E-state index contributed by atoms with van der Waals surface area (Å²) in [6.07, 6.45) is 2.47. The minimum atomic E-state index is 0.375. The fraction of sp³-hybridized carbons (Fsp3) is 1.00. The molecule has 0 spiro atoms. The molecule has 1 rings (SSSR count). The summed E-state index contributed by atoms with van der Waals surface area (Å²) < 4.78 is 0. The highest BCUT2D eigenvalue weighted by Gasteiger charge is 2.36. The summed E-state index contributed by atoms with van der Waals surface area (Å²) in [6, 6.07) is 0.375. The predicted molar refractivity (Wildman–Crippen MR) is 80.6 cm³/mol. The van der Waals surface area contributed by atoms with Crippen molar-refractivity contribution in [3.63, 3.8) is 0 Å². The molecule has 2 heteroatoms. The fourth-order valence-electron chi connectivity index (χ4n) is 3.48. The number of likely N-dealkylation sites (tertiary alicyclic amines) is 1. The van der Waals surface area contributed by atoms with Crippen LogP contribution in [-0.2, 0) is 0 Å². The van der Waals surface area contributed by atoms with E-state index in [0.717, 1.165) is 0 Å². The minimum Gasteiger partial charge on any atom is -0.327 e. The van der Waals surface area contributed by atoms with Gasteiger partial charge in [-0.3, -0.25) is 0 Å². The summed E-state index contributed by atoms with van der Waals surface area (Å²) in [5.41, 5.74) is 7.34. The van der Waals surface area contributed by atoms with Gasteiger partial charge >= 0.3 is 0 Å². The molecule has 1 fully saturated rings. The zero-order chi connectivity index (χ0) is 14.1. The maximum absolute atomic E-state index is 6.57. The molecule has 108 valence electrons. The predicted octanol–water partition coefficient (Wildman–Crippen LogP) is 3.36. The topological polar surface area (TPSA) is 29.3 Å². The van der Waals surface area contributed by atoms with Crippen molar-refractivity contribution in [1.29, 1.82) is 0 Å². The Morgan fingerprint density at radius 1 is 0.889 bits per heavy atom. The molecule has 2 nitrogen and oxygen atoms in total. The summed E-state index contributed by atoms with van der Waals surface area (Å²) in [5.74, 6) is 1.30. The van der Waals surface area contributed by atoms with Crippen molar-refractivity contribution in [2.24, 2.45) is 28.4 Å². The molecule has 1 heterocycles. The van der Waals surface area contributed by atoms with E-state index >= 15 is 0 Å². The lowest BCUT2D eigenvalue weighted by atomic mass is 9.71. The first-order valence-corrected chi connectivity index (χ1v) is 7.42. The van der Waals surface area contributed by atoms with E-state index in [1.807, 2.05) is 0 Å². The molecule has 0 saturated carbocycles. The largest absolute Gasteiger partial charge is 0.327 e. The second-order valence-corrected chi connectivity index (χ2v) is 8.85. The molecular formula is C16H34N2. The molecule has 0 bridgehead atoms. The molecule has 0 radical (unpaired) electrons. The van der Waals surface area contributed by atoms with E-state index in [-0.39, 0.29) is 0 Å². The second kappa shape index (κ2) is 5.50. The third-order valence-electron chi connectivity index (χ3n) is 3.93. The summed E-state index contributed by atoms with van der Waals surface area (Å²) in [5, 5.41) is 0. The van der Waals surface area contributed by atoms with Gasteiger partial charge in [0, 0.05) is 19.1 Å². The van der Waals surface area contributed by atoms with Gasteiger partial charge in [-0.25, -0.2) is 0 Å². The van der Waals surface area contributed by atoms with Crippen LogP contribution in [0, 0.1) is 22.7 Å². The van der Waals surface area contributed by atoms with Crippen LogP contribution < -0.4 is 5.73 Å². The average Bonchev–Trinajstić information content (AvgIpc) is 2.07. The highest BCUT2D eigenvalue weighted by atomic mass is 15.1. The van der Waals surface area contributed by atoms with Crippen LogP contribution in [0.5, 0.6) is 0 Å². The van der Waals surface area contributed by atoms with Crippen LogP contribution in [0.2, 0.25) is 0 Å². The number of hydrogen-bond donors (Lipinski definition) is 1. The molecule has 1 aliphatic heterocycles. The van der Waals surface area contributed by atoms with Crippen LogP contribution in [0.15, 0.2) is 0 Å². The molecule has 2 N–H and O–H groups in total. The molecule has 0 amide bonds. The number of rotatable bonds is 2. The average molecular weight is 254 g/mol. The van der Waals surface area contributed by atoms with Crippen molar-refractivity contribution in [3.05, 3.63) is 0 Å². The highest BCUT2D eigenvalue weighted by molar-refractivity contribution is 4.91. The summed E-state index contributed by atoms with van der Waals surface area (Å²) >= 11 is 0. The zero-order valence-electron chi connectivity index (χ0n) is 13.6. The first-order valence-electron chi connectivity index (χ1n) is 7.42. The molecule has 0 aliphatic carbocycles. The van der Waals surface area contributed by atoms with Crippen molar-refractivity contribution in [2.75, 3.05) is 20.1 Å². The van der Waals surface area contributed by atoms with Crippen molar-refractivity contribution in [3.8, 4) is 0 Å². The van der Waals surface area contributed by atoms with Crippen molar-refractivity contribution >= 4 is 0 Å². The van der Waals surface area contributed by atoms with Gasteiger partial charge in [0.15, 0.2) is 0 Å². The Kier molecular flexibility index (Phi) is 4.88. The molecule has 1 saturated heterocycles. The Morgan fingerprint density at radius 2 is 1.22 bits per heavy atom. The Bertz CT molecular complexity index is 233. The van der Waals surface area contributed by atoms with Crippen LogP contribution in [-0.4, -0.2) is 31.1 Å². The lowest BCUT2D eigenvalue weighted by molar-refractivity contribution is 0.0742. The molecular weight excluding hydrogens is 220 g/mol. The molecule has 2 atom stereocenters. The quantitative estimate of drug-likeness (QED) is 0.818. The SMILES string of the molecule is CN1CC(CC(C)(C)C)C(N)C(CC(C)(C)C)C1. The first-order chi connectivity index (χ1) is 7.98. The van der Waals surface area contributed by atoms with Crippen LogP contribution in [0.4, 0.5) is 0 Å². The van der Waals surface area contributed by atoms with E-state index in [4.69, 9.17) is 5.73 Å². The van der Waals surface area contributed by atoms with Gasteiger partial charge in [-0.15, -0.1) is 0 Å². The van der Waals surface area contributed by atoms with Crippen molar-refractivity contribution in [2.45, 2.75) is 60.4 Å². The van der Waals surface area contributed by atoms with Gasteiger partial charge in [0.05, 0.1) is 0 Å². The summed E-state index contributed by atoms with van der Waals surface area (Å²) in [7, 11) is 2.25. The van der Waals surface area contributed by atoms with E-state index in [1.165, 1.54) is 25.9 Å². The van der Waals surface area contributed by atoms with Gasteiger partial charge in [-0.1, -0.05) is 41.5 Å². The molecule has 0 aromatic carbocycles. The minimum absolute atomic E-state index is 0.375. The number of nitrogens with zero attached hydrogens (tertiary/aromatic N) is 1. The van der Waals surface area contributed by atoms with Gasteiger partial charge in [-0.2, -0.15) is 0 Å². The maximum Gasteiger partial charge on any atom is 0.0120 e. The van der Waals surface area contributed by atoms with E-state index in [0.29, 0.717) is 28.7 Å². The summed E-state index contributed by atoms with van der Waals surface area (Å²) in [4.78, 5) is 2.48. The molecule has 0 aromatic rings. The lowest BCUT2D eigenvalue weighted by Gasteiger charge is -2.44. The van der Waals surface area contributed by atoms with Crippen LogP contribution in [0.1, 0.15) is 54.4 Å². The Hall–Kier alpha value is -0.0800. The molecule has 1 aliphatic rings. The third kappa shape index (κ3) is 5.27. The van der Waals surface area contributed by atoms with E-state index in [9.17, 15) is 0 Å². The smallest absolute Gasteiger partial charge is 0.0120 e. The van der Waals surface area contributed by atoms with Gasteiger partial charge in [0.25, 0.3) is 0 Å². The van der Waals surface area contributed by atoms with Gasteiger partial charge in [0.1, 0.15) is 0 Å². The number of nitrogens with two attached hydrogens (primary N) is 1. The fourth-order valence-corrected chi connectivity index (χ4v) is 3.48. The van der Waals surface area contributed by atoms with E-state index in [2.05, 4.69) is 53.5 Å². The van der Waals surface area contributed by atoms with Gasteiger partial charge < -0.3 is 10.6 Å². The molecule has 0 aromatic heterocycles. The van der Waals surface area contributed by atoms with E-state index in [1.54, 1.807) is 0 Å². The highest BCUT2D eigenvalue weighted by Crippen LogP contribution is 2.35. The lowest BCUT2D eigenvalue weighted by Crippen LogP contribution is -2.53. The molecule has 2 unspecified atom stereocenters. The van der Waals surface area contributed by atoms with Crippen LogP contribution >= 0.6 is 0 Å². The summed E-state index contributed by atoms with van der Waals surface area (Å²) in [6.45, 7) is 16.3. The van der Waals surface area contributed by atoms with Crippen LogP contribution in [0.3, 0.4) is 0 Å². The zero-order valence-corrected chi connectivity index (χ0v) is 13.6. The number of piperidine rings is 1. The van der Waals surface area contributed by atoms with Crippen molar-refractivity contribution in [1.82, 2.24) is 4.90 Å². The normalized spacial score (nSPS) is 31.7. The Labute approximate surface area is 114 Å². The second-order valence-electron chi connectivity index (χ2n) is 8.85. The van der Waals surface area contributed by atoms with Gasteiger partial charge in [0.2, 0.25) is 0 Å². The molecule has 18 heavy (non-hydrogen) atoms. The van der Waals surface area contributed by atoms with E-state index < -0.39 is 0 Å². The van der Waals surface area contributed by atoms with Gasteiger partial charge in [-0.05, 0) is 42.6 Å². The van der Waals surface area contributed by atoms with Crippen molar-refractivity contribution < 1.29 is 0 Å².